The second-order valence-corrected chi connectivity index (χ2v) is 4.82. The van der Waals surface area contributed by atoms with E-state index >= 15 is 0 Å². The second-order valence-electron chi connectivity index (χ2n) is 4.82. The molecule has 1 heterocycles. The Hall–Kier alpha value is -2.42. The number of amides is 1. The third-order valence-electron chi connectivity index (χ3n) is 2.95. The van der Waals surface area contributed by atoms with E-state index in [0.717, 1.165) is 0 Å². The number of aryl methyl sites for hydroxylation is 1. The largest absolute Gasteiger partial charge is 0.440 e. The van der Waals surface area contributed by atoms with Crippen LogP contribution in [0.1, 0.15) is 23.3 Å². The van der Waals surface area contributed by atoms with Crippen LogP contribution in [0.15, 0.2) is 10.5 Å². The molecule has 0 radical (unpaired) electrons. The number of nitrogens with one attached hydrogen (secondary N) is 1. The van der Waals surface area contributed by atoms with Crippen molar-refractivity contribution in [3.63, 3.8) is 0 Å². The number of hydrogen-bond donors (Lipinski definition) is 2. The molecule has 1 atom stereocenters. The number of nitrogens with zero attached hydrogens (tertiary/aromatic N) is 1. The Morgan fingerprint density at radius 3 is 2.57 bits per heavy atom. The van der Waals surface area contributed by atoms with E-state index in [0.29, 0.717) is 6.07 Å². The van der Waals surface area contributed by atoms with Gasteiger partial charge in [0.2, 0.25) is 0 Å². The molecule has 1 aromatic heterocycles. The Bertz CT molecular complexity index is 761. The summed E-state index contributed by atoms with van der Waals surface area (Å²) in [6.45, 7) is 2.46. The standard InChI is InChI=1S/C14H12F4N2O3/c1-5(4-21)19-14(22)12-13(23-6(2)20-12)7-3-8(15)10(17)11(18)9(7)16/h3,5,21H,4H2,1-2H3,(H,19,22). The van der Waals surface area contributed by atoms with Crippen molar-refractivity contribution in [2.24, 2.45) is 0 Å². The molecule has 5 nitrogen and oxygen atoms in total. The number of hydrogen-bond acceptors (Lipinski definition) is 4. The van der Waals surface area contributed by atoms with Gasteiger partial charge in [-0.3, -0.25) is 4.79 Å². The van der Waals surface area contributed by atoms with Crippen LogP contribution in [0.5, 0.6) is 0 Å². The maximum Gasteiger partial charge on any atom is 0.274 e. The fraction of sp³-hybridized carbons (Fsp3) is 0.286. The molecule has 1 amide bonds. The molecule has 0 aliphatic rings. The SMILES string of the molecule is Cc1nc(C(=O)NC(C)CO)c(-c2cc(F)c(F)c(F)c2F)o1. The van der Waals surface area contributed by atoms with Crippen molar-refractivity contribution in [2.75, 3.05) is 6.61 Å². The van der Waals surface area contributed by atoms with Gasteiger partial charge in [-0.15, -0.1) is 0 Å². The molecule has 1 aromatic carbocycles. The summed E-state index contributed by atoms with van der Waals surface area (Å²) in [5.41, 5.74) is -1.21. The summed E-state index contributed by atoms with van der Waals surface area (Å²) < 4.78 is 58.6. The Labute approximate surface area is 127 Å². The van der Waals surface area contributed by atoms with E-state index < -0.39 is 52.2 Å². The summed E-state index contributed by atoms with van der Waals surface area (Å²) in [5.74, 6) is -8.78. The predicted octanol–water partition coefficient (Wildman–Crippen LogP) is 2.32. The second kappa shape index (κ2) is 6.37. The smallest absolute Gasteiger partial charge is 0.274 e. The molecule has 0 bridgehead atoms. The molecular formula is C14H12F4N2O3. The quantitative estimate of drug-likeness (QED) is 0.512. The number of rotatable bonds is 4. The van der Waals surface area contributed by atoms with Gasteiger partial charge in [0, 0.05) is 13.0 Å². The van der Waals surface area contributed by atoms with Crippen LogP contribution in [-0.4, -0.2) is 28.6 Å². The molecule has 0 spiro atoms. The number of benzene rings is 1. The summed E-state index contributed by atoms with van der Waals surface area (Å²) in [6, 6.07) is -0.265. The Balaban J connectivity index is 2.56. The lowest BCUT2D eigenvalue weighted by Gasteiger charge is -2.10. The number of halogens is 4. The molecule has 23 heavy (non-hydrogen) atoms. The van der Waals surface area contributed by atoms with Crippen molar-refractivity contribution in [3.8, 4) is 11.3 Å². The Morgan fingerprint density at radius 2 is 1.96 bits per heavy atom. The Kier molecular flexibility index (Phi) is 4.69. The maximum atomic E-state index is 13.9. The number of aliphatic hydroxyl groups is 1. The first-order chi connectivity index (χ1) is 10.8. The van der Waals surface area contributed by atoms with Gasteiger partial charge in [0.05, 0.1) is 12.2 Å². The molecule has 0 aliphatic carbocycles. The van der Waals surface area contributed by atoms with Crippen LogP contribution in [-0.2, 0) is 0 Å². The lowest BCUT2D eigenvalue weighted by Crippen LogP contribution is -2.35. The van der Waals surface area contributed by atoms with Crippen LogP contribution in [0.2, 0.25) is 0 Å². The maximum absolute atomic E-state index is 13.9. The van der Waals surface area contributed by atoms with Crippen molar-refractivity contribution in [1.29, 1.82) is 0 Å². The van der Waals surface area contributed by atoms with Crippen LogP contribution in [0.4, 0.5) is 17.6 Å². The summed E-state index contributed by atoms with van der Waals surface area (Å²) in [4.78, 5) is 15.8. The van der Waals surface area contributed by atoms with Crippen molar-refractivity contribution < 1.29 is 31.9 Å². The van der Waals surface area contributed by atoms with Crippen LogP contribution >= 0.6 is 0 Å². The van der Waals surface area contributed by atoms with Crippen molar-refractivity contribution in [1.82, 2.24) is 10.3 Å². The van der Waals surface area contributed by atoms with Gasteiger partial charge in [-0.25, -0.2) is 22.5 Å². The number of carbonyl (C=O) groups excluding carboxylic acids is 1. The van der Waals surface area contributed by atoms with Gasteiger partial charge in [-0.1, -0.05) is 0 Å². The first-order valence-electron chi connectivity index (χ1n) is 6.48. The molecule has 0 fully saturated rings. The fourth-order valence-electron chi connectivity index (χ4n) is 1.84. The summed E-state index contributed by atoms with van der Waals surface area (Å²) in [6.07, 6.45) is 0. The minimum absolute atomic E-state index is 0.0636. The fourth-order valence-corrected chi connectivity index (χ4v) is 1.84. The minimum atomic E-state index is -2.02. The molecule has 0 aliphatic heterocycles. The highest BCUT2D eigenvalue weighted by atomic mass is 19.2. The van der Waals surface area contributed by atoms with E-state index in [1.54, 1.807) is 0 Å². The van der Waals surface area contributed by atoms with Gasteiger partial charge < -0.3 is 14.8 Å². The van der Waals surface area contributed by atoms with E-state index in [2.05, 4.69) is 10.3 Å². The lowest BCUT2D eigenvalue weighted by molar-refractivity contribution is 0.0918. The van der Waals surface area contributed by atoms with Gasteiger partial charge in [0.25, 0.3) is 5.91 Å². The van der Waals surface area contributed by atoms with Crippen LogP contribution in [0, 0.1) is 30.2 Å². The average molecular weight is 332 g/mol. The van der Waals surface area contributed by atoms with E-state index in [1.807, 2.05) is 0 Å². The summed E-state index contributed by atoms with van der Waals surface area (Å²) in [7, 11) is 0. The van der Waals surface area contributed by atoms with Crippen LogP contribution in [0.25, 0.3) is 11.3 Å². The number of aromatic nitrogens is 1. The summed E-state index contributed by atoms with van der Waals surface area (Å²) >= 11 is 0. The third kappa shape index (κ3) is 3.19. The van der Waals surface area contributed by atoms with E-state index in [1.165, 1.54) is 13.8 Å². The van der Waals surface area contributed by atoms with Gasteiger partial charge in [0.1, 0.15) is 0 Å². The molecular weight excluding hydrogens is 320 g/mol. The van der Waals surface area contributed by atoms with Gasteiger partial charge >= 0.3 is 0 Å². The average Bonchev–Trinajstić information content (AvgIpc) is 2.90. The molecule has 0 saturated heterocycles. The molecule has 2 N–H and O–H groups in total. The monoisotopic (exact) mass is 332 g/mol. The van der Waals surface area contributed by atoms with Gasteiger partial charge in [-0.2, -0.15) is 0 Å². The van der Waals surface area contributed by atoms with E-state index in [4.69, 9.17) is 9.52 Å². The molecule has 0 saturated carbocycles. The first kappa shape index (κ1) is 16.9. The zero-order valence-electron chi connectivity index (χ0n) is 12.1. The number of oxazole rings is 1. The van der Waals surface area contributed by atoms with E-state index in [9.17, 15) is 22.4 Å². The Morgan fingerprint density at radius 1 is 1.30 bits per heavy atom. The number of aliphatic hydroxyl groups excluding tert-OH is 1. The third-order valence-corrected chi connectivity index (χ3v) is 2.95. The van der Waals surface area contributed by atoms with E-state index in [-0.39, 0.29) is 12.5 Å². The molecule has 124 valence electrons. The first-order valence-corrected chi connectivity index (χ1v) is 6.48. The minimum Gasteiger partial charge on any atom is -0.440 e. The predicted molar refractivity (Wildman–Crippen MR) is 70.5 cm³/mol. The molecule has 2 rings (SSSR count). The van der Waals surface area contributed by atoms with Gasteiger partial charge in [-0.05, 0) is 13.0 Å². The van der Waals surface area contributed by atoms with Gasteiger partial charge in [0.15, 0.2) is 40.6 Å². The van der Waals surface area contributed by atoms with Crippen molar-refractivity contribution >= 4 is 5.91 Å². The van der Waals surface area contributed by atoms with Crippen LogP contribution < -0.4 is 5.32 Å². The molecule has 2 aromatic rings. The summed E-state index contributed by atoms with van der Waals surface area (Å²) in [5, 5.41) is 11.2. The van der Waals surface area contributed by atoms with Crippen molar-refractivity contribution in [2.45, 2.75) is 19.9 Å². The number of carbonyl (C=O) groups is 1. The van der Waals surface area contributed by atoms with Crippen molar-refractivity contribution in [3.05, 3.63) is 40.9 Å². The highest BCUT2D eigenvalue weighted by Gasteiger charge is 2.27. The van der Waals surface area contributed by atoms with Crippen LogP contribution in [0.3, 0.4) is 0 Å². The highest BCUT2D eigenvalue weighted by molar-refractivity contribution is 5.98. The normalized spacial score (nSPS) is 12.3. The molecule has 1 unspecified atom stereocenters. The zero-order chi connectivity index (χ0) is 17.3. The molecule has 9 heteroatoms. The highest BCUT2D eigenvalue weighted by Crippen LogP contribution is 2.31. The lowest BCUT2D eigenvalue weighted by atomic mass is 10.1. The topological polar surface area (TPSA) is 75.4 Å². The zero-order valence-corrected chi connectivity index (χ0v) is 12.1.